The summed E-state index contributed by atoms with van der Waals surface area (Å²) in [6.45, 7) is 6.92. The van der Waals surface area contributed by atoms with Gasteiger partial charge in [-0.3, -0.25) is 0 Å². The molecule has 2 aromatic carbocycles. The zero-order chi connectivity index (χ0) is 17.7. The van der Waals surface area contributed by atoms with Gasteiger partial charge in [0, 0.05) is 30.0 Å². The molecule has 24 heavy (non-hydrogen) atoms. The number of hydrogen-bond donors (Lipinski definition) is 3. The number of nitrogen functional groups attached to an aromatic ring is 2. The van der Waals surface area contributed by atoms with Gasteiger partial charge < -0.3 is 21.7 Å². The van der Waals surface area contributed by atoms with E-state index in [1.807, 2.05) is 69.3 Å². The van der Waals surface area contributed by atoms with Crippen molar-refractivity contribution >= 4 is 17.4 Å². The molecule has 128 valence electrons. The van der Waals surface area contributed by atoms with Crippen LogP contribution in [-0.2, 0) is 13.1 Å². The van der Waals surface area contributed by atoms with Crippen LogP contribution in [0, 0.1) is 0 Å². The van der Waals surface area contributed by atoms with Crippen molar-refractivity contribution in [1.82, 2.24) is 10.2 Å². The summed E-state index contributed by atoms with van der Waals surface area (Å²) in [5.41, 5.74) is 14.7. The summed E-state index contributed by atoms with van der Waals surface area (Å²) in [5, 5.41) is 3.02. The van der Waals surface area contributed by atoms with Gasteiger partial charge in [-0.05, 0) is 56.2 Å². The van der Waals surface area contributed by atoms with Crippen molar-refractivity contribution in [1.29, 1.82) is 0 Å². The normalized spacial score (nSPS) is 11.1. The molecule has 0 radical (unpaired) electrons. The molecule has 2 aromatic rings. The lowest BCUT2D eigenvalue weighted by atomic mass is 10.1. The summed E-state index contributed by atoms with van der Waals surface area (Å²) in [5.74, 6) is 0. The fourth-order valence-corrected chi connectivity index (χ4v) is 2.29. The van der Waals surface area contributed by atoms with Crippen LogP contribution in [0.5, 0.6) is 0 Å². The van der Waals surface area contributed by atoms with Gasteiger partial charge in [0.25, 0.3) is 0 Å². The van der Waals surface area contributed by atoms with E-state index in [9.17, 15) is 4.79 Å². The number of nitrogens with two attached hydrogens (primary N) is 2. The van der Waals surface area contributed by atoms with E-state index in [4.69, 9.17) is 11.5 Å². The molecule has 0 aliphatic carbocycles. The Kier molecular flexibility index (Phi) is 5.34. The van der Waals surface area contributed by atoms with E-state index >= 15 is 0 Å². The molecule has 5 nitrogen and oxygen atoms in total. The first-order chi connectivity index (χ1) is 11.2. The molecule has 0 aromatic heterocycles. The molecule has 0 heterocycles. The Morgan fingerprint density at radius 3 is 1.58 bits per heavy atom. The van der Waals surface area contributed by atoms with Crippen molar-refractivity contribution in [2.75, 3.05) is 11.5 Å². The highest BCUT2D eigenvalue weighted by Crippen LogP contribution is 2.14. The highest BCUT2D eigenvalue weighted by Gasteiger charge is 2.20. The zero-order valence-electron chi connectivity index (χ0n) is 14.5. The van der Waals surface area contributed by atoms with Gasteiger partial charge in [0.2, 0.25) is 0 Å². The summed E-state index contributed by atoms with van der Waals surface area (Å²) in [6, 6.07) is 15.0. The van der Waals surface area contributed by atoms with Gasteiger partial charge in [-0.2, -0.15) is 0 Å². The summed E-state index contributed by atoms with van der Waals surface area (Å²) in [7, 11) is 0. The third kappa shape index (κ3) is 5.50. The van der Waals surface area contributed by atoms with E-state index in [1.54, 1.807) is 4.90 Å². The Morgan fingerprint density at radius 1 is 0.875 bits per heavy atom. The lowest BCUT2D eigenvalue weighted by molar-refractivity contribution is 0.183. The molecule has 0 spiro atoms. The van der Waals surface area contributed by atoms with Gasteiger partial charge in [-0.25, -0.2) is 4.79 Å². The highest BCUT2D eigenvalue weighted by molar-refractivity contribution is 5.75. The monoisotopic (exact) mass is 326 g/mol. The lowest BCUT2D eigenvalue weighted by Gasteiger charge is -2.29. The predicted molar refractivity (Wildman–Crippen MR) is 99.2 cm³/mol. The quantitative estimate of drug-likeness (QED) is 0.753. The van der Waals surface area contributed by atoms with Crippen LogP contribution in [0.15, 0.2) is 48.5 Å². The van der Waals surface area contributed by atoms with Crippen LogP contribution < -0.4 is 16.8 Å². The van der Waals surface area contributed by atoms with Gasteiger partial charge in [0.05, 0.1) is 0 Å². The number of anilines is 2. The van der Waals surface area contributed by atoms with Gasteiger partial charge in [-0.15, -0.1) is 0 Å². The Balaban J connectivity index is 2.18. The number of urea groups is 1. The summed E-state index contributed by atoms with van der Waals surface area (Å²) in [4.78, 5) is 14.4. The minimum atomic E-state index is -0.294. The van der Waals surface area contributed by atoms with Crippen molar-refractivity contribution in [3.05, 3.63) is 59.7 Å². The standard InChI is InChI=1S/C19H26N4O/c1-19(2,3)22-18(24)23(12-14-4-8-16(20)9-5-14)13-15-6-10-17(21)11-7-15/h4-11H,12-13,20-21H2,1-3H3,(H,22,24). The summed E-state index contributed by atoms with van der Waals surface area (Å²) >= 11 is 0. The van der Waals surface area contributed by atoms with Crippen molar-refractivity contribution in [3.63, 3.8) is 0 Å². The average Bonchev–Trinajstić information content (AvgIpc) is 2.49. The zero-order valence-corrected chi connectivity index (χ0v) is 14.5. The first kappa shape index (κ1) is 17.7. The number of nitrogens with zero attached hydrogens (tertiary/aromatic N) is 1. The fourth-order valence-electron chi connectivity index (χ4n) is 2.29. The van der Waals surface area contributed by atoms with Gasteiger partial charge in [0.15, 0.2) is 0 Å². The SMILES string of the molecule is CC(C)(C)NC(=O)N(Cc1ccc(N)cc1)Cc1ccc(N)cc1. The van der Waals surface area contributed by atoms with Crippen LogP contribution in [0.3, 0.4) is 0 Å². The van der Waals surface area contributed by atoms with Crippen LogP contribution in [0.4, 0.5) is 16.2 Å². The molecular formula is C19H26N4O. The van der Waals surface area contributed by atoms with Crippen molar-refractivity contribution in [3.8, 4) is 0 Å². The molecule has 0 saturated carbocycles. The molecule has 0 aliphatic rings. The number of carbonyl (C=O) groups excluding carboxylic acids is 1. The first-order valence-corrected chi connectivity index (χ1v) is 7.99. The lowest BCUT2D eigenvalue weighted by Crippen LogP contribution is -2.47. The van der Waals surface area contributed by atoms with E-state index in [0.717, 1.165) is 11.1 Å². The number of benzene rings is 2. The minimum Gasteiger partial charge on any atom is -0.399 e. The third-order valence-corrected chi connectivity index (χ3v) is 3.48. The van der Waals surface area contributed by atoms with E-state index < -0.39 is 0 Å². The fraction of sp³-hybridized carbons (Fsp3) is 0.316. The second-order valence-corrected chi connectivity index (χ2v) is 7.02. The van der Waals surface area contributed by atoms with Gasteiger partial charge >= 0.3 is 6.03 Å². The Morgan fingerprint density at radius 2 is 1.25 bits per heavy atom. The van der Waals surface area contributed by atoms with Crippen molar-refractivity contribution in [2.24, 2.45) is 0 Å². The highest BCUT2D eigenvalue weighted by atomic mass is 16.2. The molecule has 5 heteroatoms. The maximum absolute atomic E-state index is 12.7. The first-order valence-electron chi connectivity index (χ1n) is 7.99. The Labute approximate surface area is 143 Å². The smallest absolute Gasteiger partial charge is 0.318 e. The number of carbonyl (C=O) groups is 1. The topological polar surface area (TPSA) is 84.4 Å². The van der Waals surface area contributed by atoms with Crippen LogP contribution in [0.2, 0.25) is 0 Å². The molecule has 2 amide bonds. The summed E-state index contributed by atoms with van der Waals surface area (Å²) < 4.78 is 0. The maximum Gasteiger partial charge on any atom is 0.318 e. The number of rotatable bonds is 4. The largest absolute Gasteiger partial charge is 0.399 e. The van der Waals surface area contributed by atoms with Crippen molar-refractivity contribution < 1.29 is 4.79 Å². The number of amides is 2. The Hall–Kier alpha value is -2.69. The van der Waals surface area contributed by atoms with Crippen LogP contribution in [0.25, 0.3) is 0 Å². The number of hydrogen-bond acceptors (Lipinski definition) is 3. The second-order valence-electron chi connectivity index (χ2n) is 7.02. The minimum absolute atomic E-state index is 0.101. The predicted octanol–water partition coefficient (Wildman–Crippen LogP) is 3.36. The third-order valence-electron chi connectivity index (χ3n) is 3.48. The molecular weight excluding hydrogens is 300 g/mol. The average molecular weight is 326 g/mol. The van der Waals surface area contributed by atoms with Crippen LogP contribution in [-0.4, -0.2) is 16.5 Å². The van der Waals surface area contributed by atoms with Crippen LogP contribution in [0.1, 0.15) is 31.9 Å². The van der Waals surface area contributed by atoms with Gasteiger partial charge in [-0.1, -0.05) is 24.3 Å². The maximum atomic E-state index is 12.7. The van der Waals surface area contributed by atoms with E-state index in [-0.39, 0.29) is 11.6 Å². The van der Waals surface area contributed by atoms with Crippen molar-refractivity contribution in [2.45, 2.75) is 39.4 Å². The molecule has 2 rings (SSSR count). The molecule has 0 bridgehead atoms. The van der Waals surface area contributed by atoms with E-state index in [1.165, 1.54) is 0 Å². The van der Waals surface area contributed by atoms with E-state index in [0.29, 0.717) is 24.5 Å². The van der Waals surface area contributed by atoms with E-state index in [2.05, 4.69) is 5.32 Å². The summed E-state index contributed by atoms with van der Waals surface area (Å²) in [6.07, 6.45) is 0. The molecule has 0 atom stereocenters. The molecule has 0 fully saturated rings. The molecule has 0 aliphatic heterocycles. The number of nitrogens with one attached hydrogen (secondary N) is 1. The Bertz CT molecular complexity index is 625. The van der Waals surface area contributed by atoms with Crippen LogP contribution >= 0.6 is 0 Å². The molecule has 0 unspecified atom stereocenters. The van der Waals surface area contributed by atoms with Gasteiger partial charge in [0.1, 0.15) is 0 Å². The molecule has 0 saturated heterocycles. The second kappa shape index (κ2) is 7.25. The molecule has 5 N–H and O–H groups in total.